The number of carbonyl (C=O) groups excluding carboxylic acids is 1. The molecule has 1 amide bonds. The molecule has 2 N–H and O–H groups in total. The number of hydrogen-bond donors (Lipinski definition) is 2. The number of carbonyl (C=O) groups is 1. The van der Waals surface area contributed by atoms with Crippen LogP contribution in [0.4, 0.5) is 0 Å². The monoisotopic (exact) mass is 269 g/mol. The Bertz CT molecular complexity index is 613. The highest BCUT2D eigenvalue weighted by Gasteiger charge is 2.21. The molecule has 0 radical (unpaired) electrons. The minimum absolute atomic E-state index is 0.0787. The van der Waals surface area contributed by atoms with Crippen molar-refractivity contribution in [2.24, 2.45) is 0 Å². The molecule has 0 fully saturated rings. The van der Waals surface area contributed by atoms with Crippen molar-refractivity contribution in [1.82, 2.24) is 15.5 Å². The number of nitrogens with zero attached hydrogens (tertiary/aromatic N) is 1. The van der Waals surface area contributed by atoms with Gasteiger partial charge in [0.2, 0.25) is 0 Å². The minimum Gasteiger partial charge on any atom is -0.347 e. The molecule has 1 aliphatic rings. The number of aromatic amines is 1. The number of aryl methyl sites for hydroxylation is 2. The third-order valence-corrected chi connectivity index (χ3v) is 3.85. The largest absolute Gasteiger partial charge is 0.347 e. The Balaban J connectivity index is 1.67. The highest BCUT2D eigenvalue weighted by atomic mass is 16.1. The van der Waals surface area contributed by atoms with Gasteiger partial charge in [-0.3, -0.25) is 9.89 Å². The van der Waals surface area contributed by atoms with Gasteiger partial charge in [-0.15, -0.1) is 0 Å². The summed E-state index contributed by atoms with van der Waals surface area (Å²) in [5.74, 6) is -0.0787. The van der Waals surface area contributed by atoms with Crippen molar-refractivity contribution in [3.8, 4) is 0 Å². The molecule has 1 heterocycles. The maximum absolute atomic E-state index is 12.2. The zero-order valence-electron chi connectivity index (χ0n) is 11.7. The fourth-order valence-corrected chi connectivity index (χ4v) is 2.64. The summed E-state index contributed by atoms with van der Waals surface area (Å²) in [4.78, 5) is 12.2. The van der Waals surface area contributed by atoms with Crippen LogP contribution in [0.5, 0.6) is 0 Å². The van der Waals surface area contributed by atoms with E-state index in [0.717, 1.165) is 36.1 Å². The Morgan fingerprint density at radius 2 is 2.00 bits per heavy atom. The molecule has 1 aromatic heterocycles. The zero-order chi connectivity index (χ0) is 13.9. The van der Waals surface area contributed by atoms with Crippen LogP contribution in [0.25, 0.3) is 0 Å². The lowest BCUT2D eigenvalue weighted by Gasteiger charge is -2.11. The lowest BCUT2D eigenvalue weighted by molar-refractivity contribution is 0.0945. The summed E-state index contributed by atoms with van der Waals surface area (Å²) >= 11 is 0. The second-order valence-electron chi connectivity index (χ2n) is 5.40. The van der Waals surface area contributed by atoms with Crippen LogP contribution in [0.1, 0.15) is 45.7 Å². The van der Waals surface area contributed by atoms with E-state index in [9.17, 15) is 4.79 Å². The van der Waals surface area contributed by atoms with Crippen molar-refractivity contribution >= 4 is 5.91 Å². The van der Waals surface area contributed by atoms with Crippen LogP contribution in [-0.4, -0.2) is 16.1 Å². The van der Waals surface area contributed by atoms with Crippen molar-refractivity contribution in [3.05, 3.63) is 52.3 Å². The highest BCUT2D eigenvalue weighted by Crippen LogP contribution is 2.22. The lowest BCUT2D eigenvalue weighted by atomic mass is 9.96. The Morgan fingerprint density at radius 1 is 1.25 bits per heavy atom. The fourth-order valence-electron chi connectivity index (χ4n) is 2.64. The summed E-state index contributed by atoms with van der Waals surface area (Å²) in [5.41, 5.74) is 5.15. The first-order chi connectivity index (χ1) is 9.74. The van der Waals surface area contributed by atoms with Crippen LogP contribution in [-0.2, 0) is 19.4 Å². The first-order valence-electron chi connectivity index (χ1n) is 7.14. The molecule has 20 heavy (non-hydrogen) atoms. The third kappa shape index (κ3) is 2.59. The number of rotatable bonds is 3. The van der Waals surface area contributed by atoms with E-state index in [1.807, 2.05) is 12.1 Å². The molecule has 1 aliphatic carbocycles. The van der Waals surface area contributed by atoms with E-state index in [4.69, 9.17) is 0 Å². The van der Waals surface area contributed by atoms with Gasteiger partial charge in [0.05, 0.1) is 0 Å². The van der Waals surface area contributed by atoms with Crippen LogP contribution < -0.4 is 5.32 Å². The summed E-state index contributed by atoms with van der Waals surface area (Å²) in [6, 6.07) is 8.18. The van der Waals surface area contributed by atoms with Crippen LogP contribution in [0.15, 0.2) is 24.3 Å². The van der Waals surface area contributed by atoms with Gasteiger partial charge in [0, 0.05) is 17.8 Å². The fraction of sp³-hybridized carbons (Fsp3) is 0.375. The number of benzene rings is 1. The highest BCUT2D eigenvalue weighted by molar-refractivity contribution is 5.94. The van der Waals surface area contributed by atoms with Gasteiger partial charge in [-0.1, -0.05) is 29.8 Å². The maximum atomic E-state index is 12.2. The average Bonchev–Trinajstić information content (AvgIpc) is 2.90. The summed E-state index contributed by atoms with van der Waals surface area (Å²) in [6.45, 7) is 2.60. The van der Waals surface area contributed by atoms with Crippen LogP contribution >= 0.6 is 0 Å². The number of nitrogens with one attached hydrogen (secondary N) is 2. The SMILES string of the molecule is Cc1ccc(CNC(=O)c2n[nH]c3c2CCCC3)cc1. The van der Waals surface area contributed by atoms with E-state index < -0.39 is 0 Å². The van der Waals surface area contributed by atoms with Crippen LogP contribution in [0.2, 0.25) is 0 Å². The molecule has 0 atom stereocenters. The van der Waals surface area contributed by atoms with E-state index in [-0.39, 0.29) is 5.91 Å². The number of aromatic nitrogens is 2. The normalized spacial score (nSPS) is 13.8. The zero-order valence-corrected chi connectivity index (χ0v) is 11.7. The number of H-pyrrole nitrogens is 1. The Labute approximate surface area is 118 Å². The predicted molar refractivity (Wildman–Crippen MR) is 77.6 cm³/mol. The van der Waals surface area contributed by atoms with E-state index in [2.05, 4.69) is 34.6 Å². The van der Waals surface area contributed by atoms with Crippen molar-refractivity contribution in [2.75, 3.05) is 0 Å². The molecule has 0 spiro atoms. The van der Waals surface area contributed by atoms with E-state index in [0.29, 0.717) is 12.2 Å². The summed E-state index contributed by atoms with van der Waals surface area (Å²) < 4.78 is 0. The molecule has 2 aromatic rings. The molecule has 1 aromatic carbocycles. The summed E-state index contributed by atoms with van der Waals surface area (Å²) in [5, 5.41) is 10.1. The maximum Gasteiger partial charge on any atom is 0.272 e. The van der Waals surface area contributed by atoms with Crippen molar-refractivity contribution in [1.29, 1.82) is 0 Å². The molecule has 3 rings (SSSR count). The Morgan fingerprint density at radius 3 is 2.80 bits per heavy atom. The number of fused-ring (bicyclic) bond motifs is 1. The van der Waals surface area contributed by atoms with E-state index in [1.54, 1.807) is 0 Å². The van der Waals surface area contributed by atoms with Crippen molar-refractivity contribution in [3.63, 3.8) is 0 Å². The molecule has 0 aliphatic heterocycles. The van der Waals surface area contributed by atoms with E-state index >= 15 is 0 Å². The second-order valence-corrected chi connectivity index (χ2v) is 5.40. The van der Waals surface area contributed by atoms with Gasteiger partial charge >= 0.3 is 0 Å². The molecule has 4 nitrogen and oxygen atoms in total. The average molecular weight is 269 g/mol. The first-order valence-corrected chi connectivity index (χ1v) is 7.14. The molecule has 104 valence electrons. The molecule has 0 saturated carbocycles. The van der Waals surface area contributed by atoms with Gasteiger partial charge in [0.15, 0.2) is 5.69 Å². The standard InChI is InChI=1S/C16H19N3O/c1-11-6-8-12(9-7-11)10-17-16(20)15-13-4-2-3-5-14(13)18-19-15/h6-9H,2-5,10H2,1H3,(H,17,20)(H,18,19). The van der Waals surface area contributed by atoms with E-state index in [1.165, 1.54) is 12.0 Å². The van der Waals surface area contributed by atoms with Crippen molar-refractivity contribution < 1.29 is 4.79 Å². The summed E-state index contributed by atoms with van der Waals surface area (Å²) in [6.07, 6.45) is 4.29. The minimum atomic E-state index is -0.0787. The quantitative estimate of drug-likeness (QED) is 0.899. The van der Waals surface area contributed by atoms with Gasteiger partial charge in [0.25, 0.3) is 5.91 Å². The lowest BCUT2D eigenvalue weighted by Crippen LogP contribution is -2.24. The number of hydrogen-bond acceptors (Lipinski definition) is 2. The predicted octanol–water partition coefficient (Wildman–Crippen LogP) is 2.53. The second kappa shape index (κ2) is 5.49. The molecule has 0 saturated heterocycles. The summed E-state index contributed by atoms with van der Waals surface area (Å²) in [7, 11) is 0. The molecule has 0 bridgehead atoms. The molecule has 0 unspecified atom stereocenters. The smallest absolute Gasteiger partial charge is 0.272 e. The molecular weight excluding hydrogens is 250 g/mol. The first kappa shape index (κ1) is 12.9. The van der Waals surface area contributed by atoms with Gasteiger partial charge < -0.3 is 5.32 Å². The van der Waals surface area contributed by atoms with Crippen LogP contribution in [0, 0.1) is 6.92 Å². The van der Waals surface area contributed by atoms with Gasteiger partial charge in [-0.2, -0.15) is 5.10 Å². The Hall–Kier alpha value is -2.10. The van der Waals surface area contributed by atoms with Crippen LogP contribution in [0.3, 0.4) is 0 Å². The Kier molecular flexibility index (Phi) is 3.54. The molecular formula is C16H19N3O. The van der Waals surface area contributed by atoms with Crippen molar-refractivity contribution in [2.45, 2.75) is 39.2 Å². The number of amides is 1. The third-order valence-electron chi connectivity index (χ3n) is 3.85. The van der Waals surface area contributed by atoms with Gasteiger partial charge in [-0.25, -0.2) is 0 Å². The van der Waals surface area contributed by atoms with Gasteiger partial charge in [-0.05, 0) is 38.2 Å². The molecule has 4 heteroatoms. The van der Waals surface area contributed by atoms with Gasteiger partial charge in [0.1, 0.15) is 0 Å². The topological polar surface area (TPSA) is 57.8 Å².